The van der Waals surface area contributed by atoms with E-state index in [0.29, 0.717) is 32.6 Å². The quantitative estimate of drug-likeness (QED) is 0.540. The molecule has 8 nitrogen and oxygen atoms in total. The number of pyridine rings is 2. The van der Waals surface area contributed by atoms with Gasteiger partial charge in [0, 0.05) is 51.0 Å². The molecule has 2 rings (SSSR count). The molecule has 2 aromatic heterocycles. The number of hydrogen-bond acceptors (Lipinski definition) is 4. The maximum absolute atomic E-state index is 11.6. The molecule has 0 spiro atoms. The highest BCUT2D eigenvalue weighted by molar-refractivity contribution is 5.74. The van der Waals surface area contributed by atoms with Crippen molar-refractivity contribution < 1.29 is 9.59 Å². The predicted octanol–water partition coefficient (Wildman–Crippen LogP) is 1.17. The van der Waals surface area contributed by atoms with Crippen LogP contribution in [0.25, 0.3) is 0 Å². The third-order valence-electron chi connectivity index (χ3n) is 3.28. The largest absolute Gasteiger partial charge is 0.338 e. The minimum absolute atomic E-state index is 0.245. The first-order valence-electron chi connectivity index (χ1n) is 8.05. The second-order valence-corrected chi connectivity index (χ2v) is 5.30. The lowest BCUT2D eigenvalue weighted by atomic mass is 10.3. The van der Waals surface area contributed by atoms with E-state index in [9.17, 15) is 9.59 Å². The molecule has 2 aromatic rings. The van der Waals surface area contributed by atoms with Crippen molar-refractivity contribution >= 4 is 12.1 Å². The highest BCUT2D eigenvalue weighted by Crippen LogP contribution is 1.94. The molecule has 0 bridgehead atoms. The Labute approximate surface area is 146 Å². The molecule has 0 aliphatic rings. The van der Waals surface area contributed by atoms with Crippen LogP contribution in [0, 0.1) is 0 Å². The van der Waals surface area contributed by atoms with Crippen molar-refractivity contribution in [3.05, 3.63) is 60.2 Å². The Bertz CT molecular complexity index is 593. The number of rotatable bonds is 8. The third kappa shape index (κ3) is 7.78. The van der Waals surface area contributed by atoms with Crippen molar-refractivity contribution in [3.63, 3.8) is 0 Å². The highest BCUT2D eigenvalue weighted by atomic mass is 16.2. The summed E-state index contributed by atoms with van der Waals surface area (Å²) in [6.07, 6.45) is 7.41. The lowest BCUT2D eigenvalue weighted by Crippen LogP contribution is -2.38. The number of hydrogen-bond donors (Lipinski definition) is 4. The van der Waals surface area contributed by atoms with E-state index in [-0.39, 0.29) is 12.1 Å². The van der Waals surface area contributed by atoms with E-state index in [2.05, 4.69) is 31.2 Å². The number of nitrogens with one attached hydrogen (secondary N) is 4. The van der Waals surface area contributed by atoms with Gasteiger partial charge in [0.25, 0.3) is 0 Å². The molecule has 132 valence electrons. The molecule has 0 radical (unpaired) electrons. The summed E-state index contributed by atoms with van der Waals surface area (Å²) in [4.78, 5) is 31.2. The minimum atomic E-state index is -0.245. The van der Waals surface area contributed by atoms with Gasteiger partial charge in [0.15, 0.2) is 0 Å². The van der Waals surface area contributed by atoms with Crippen LogP contribution in [0.1, 0.15) is 17.5 Å². The zero-order chi connectivity index (χ0) is 17.7. The second-order valence-electron chi connectivity index (χ2n) is 5.30. The van der Waals surface area contributed by atoms with E-state index >= 15 is 0 Å². The van der Waals surface area contributed by atoms with Crippen molar-refractivity contribution in [2.75, 3.05) is 13.1 Å². The number of amides is 4. The summed E-state index contributed by atoms with van der Waals surface area (Å²) >= 11 is 0. The summed E-state index contributed by atoms with van der Waals surface area (Å²) < 4.78 is 0. The first kappa shape index (κ1) is 18.2. The Kier molecular flexibility index (Phi) is 7.70. The average Bonchev–Trinajstić information content (AvgIpc) is 2.66. The van der Waals surface area contributed by atoms with Gasteiger partial charge in [-0.25, -0.2) is 9.59 Å². The molecule has 0 fully saturated rings. The topological polar surface area (TPSA) is 108 Å². The van der Waals surface area contributed by atoms with Crippen LogP contribution < -0.4 is 21.3 Å². The maximum Gasteiger partial charge on any atom is 0.315 e. The fourth-order valence-electron chi connectivity index (χ4n) is 1.99. The van der Waals surface area contributed by atoms with Crippen LogP contribution in [0.5, 0.6) is 0 Å². The molecule has 4 amide bonds. The van der Waals surface area contributed by atoms with Gasteiger partial charge in [-0.2, -0.15) is 0 Å². The molecular weight excluding hydrogens is 320 g/mol. The van der Waals surface area contributed by atoms with Gasteiger partial charge in [-0.3, -0.25) is 9.97 Å². The number of carbonyl (C=O) groups is 2. The Balaban J connectivity index is 1.48. The summed E-state index contributed by atoms with van der Waals surface area (Å²) in [5.41, 5.74) is 1.87. The predicted molar refractivity (Wildman–Crippen MR) is 93.6 cm³/mol. The number of aromatic nitrogens is 2. The summed E-state index contributed by atoms with van der Waals surface area (Å²) in [5, 5.41) is 11.0. The van der Waals surface area contributed by atoms with E-state index in [1.165, 1.54) is 0 Å². The van der Waals surface area contributed by atoms with Gasteiger partial charge >= 0.3 is 12.1 Å². The van der Waals surface area contributed by atoms with Gasteiger partial charge in [-0.15, -0.1) is 0 Å². The van der Waals surface area contributed by atoms with Crippen LogP contribution in [-0.4, -0.2) is 35.1 Å². The second kappa shape index (κ2) is 10.6. The van der Waals surface area contributed by atoms with E-state index in [1.807, 2.05) is 24.3 Å². The Morgan fingerprint density at radius 1 is 0.760 bits per heavy atom. The van der Waals surface area contributed by atoms with Crippen LogP contribution in [0.4, 0.5) is 9.59 Å². The summed E-state index contributed by atoms with van der Waals surface area (Å²) in [7, 11) is 0. The fourth-order valence-corrected chi connectivity index (χ4v) is 1.99. The van der Waals surface area contributed by atoms with Crippen molar-refractivity contribution in [3.8, 4) is 0 Å². The van der Waals surface area contributed by atoms with Crippen molar-refractivity contribution in [2.45, 2.75) is 19.5 Å². The molecule has 0 aliphatic heterocycles. The van der Waals surface area contributed by atoms with Gasteiger partial charge in [-0.05, 0) is 29.7 Å². The van der Waals surface area contributed by atoms with Crippen molar-refractivity contribution in [2.24, 2.45) is 0 Å². The zero-order valence-electron chi connectivity index (χ0n) is 13.9. The van der Waals surface area contributed by atoms with Crippen LogP contribution in [-0.2, 0) is 13.1 Å². The molecular formula is C17H22N6O2. The van der Waals surface area contributed by atoms with E-state index in [0.717, 1.165) is 11.1 Å². The summed E-state index contributed by atoms with van der Waals surface area (Å²) in [5.74, 6) is 0. The first-order valence-corrected chi connectivity index (χ1v) is 8.05. The molecule has 4 N–H and O–H groups in total. The van der Waals surface area contributed by atoms with Gasteiger partial charge in [-0.1, -0.05) is 12.1 Å². The number of nitrogens with zero attached hydrogens (tertiary/aromatic N) is 2. The van der Waals surface area contributed by atoms with Gasteiger partial charge in [0.2, 0.25) is 0 Å². The molecule has 2 heterocycles. The van der Waals surface area contributed by atoms with Crippen LogP contribution >= 0.6 is 0 Å². The van der Waals surface area contributed by atoms with Crippen LogP contribution in [0.2, 0.25) is 0 Å². The van der Waals surface area contributed by atoms with E-state index in [4.69, 9.17) is 0 Å². The Morgan fingerprint density at radius 2 is 1.24 bits per heavy atom. The van der Waals surface area contributed by atoms with E-state index in [1.54, 1.807) is 24.8 Å². The number of urea groups is 2. The summed E-state index contributed by atoms with van der Waals surface area (Å²) in [6, 6.07) is 6.93. The molecule has 25 heavy (non-hydrogen) atoms. The lowest BCUT2D eigenvalue weighted by molar-refractivity contribution is 0.239. The Morgan fingerprint density at radius 3 is 1.64 bits per heavy atom. The molecule has 0 aromatic carbocycles. The first-order chi connectivity index (χ1) is 12.2. The third-order valence-corrected chi connectivity index (χ3v) is 3.28. The SMILES string of the molecule is O=C(NCCCNC(=O)NCc1cccnc1)NCc1cccnc1. The maximum atomic E-state index is 11.6. The standard InChI is InChI=1S/C17H22N6O2/c24-16(22-12-14-4-1-6-18-10-14)20-8-3-9-21-17(25)23-13-15-5-2-7-19-11-15/h1-2,4-7,10-11H,3,8-9,12-13H2,(H2,20,22,24)(H2,21,23,25). The molecule has 0 unspecified atom stereocenters. The van der Waals surface area contributed by atoms with Crippen molar-refractivity contribution in [1.82, 2.24) is 31.2 Å². The molecule has 8 heteroatoms. The average molecular weight is 342 g/mol. The monoisotopic (exact) mass is 342 g/mol. The number of carbonyl (C=O) groups excluding carboxylic acids is 2. The minimum Gasteiger partial charge on any atom is -0.338 e. The van der Waals surface area contributed by atoms with Crippen molar-refractivity contribution in [1.29, 1.82) is 0 Å². The molecule has 0 saturated carbocycles. The normalized spacial score (nSPS) is 9.92. The van der Waals surface area contributed by atoms with Gasteiger partial charge < -0.3 is 21.3 Å². The molecule has 0 saturated heterocycles. The molecule has 0 aliphatic carbocycles. The van der Waals surface area contributed by atoms with E-state index < -0.39 is 0 Å². The lowest BCUT2D eigenvalue weighted by Gasteiger charge is -2.09. The zero-order valence-corrected chi connectivity index (χ0v) is 13.9. The van der Waals surface area contributed by atoms with Crippen LogP contribution in [0.3, 0.4) is 0 Å². The highest BCUT2D eigenvalue weighted by Gasteiger charge is 2.02. The van der Waals surface area contributed by atoms with Gasteiger partial charge in [0.05, 0.1) is 0 Å². The smallest absolute Gasteiger partial charge is 0.315 e. The van der Waals surface area contributed by atoms with Gasteiger partial charge in [0.1, 0.15) is 0 Å². The summed E-state index contributed by atoms with van der Waals surface area (Å²) in [6.45, 7) is 1.80. The van der Waals surface area contributed by atoms with Crippen LogP contribution in [0.15, 0.2) is 49.1 Å². The fraction of sp³-hybridized carbons (Fsp3) is 0.294. The Hall–Kier alpha value is -3.16. The molecule has 0 atom stereocenters.